The Hall–Kier alpha value is -11.2. The van der Waals surface area contributed by atoms with Crippen LogP contribution in [0.2, 0.25) is 0 Å². The van der Waals surface area contributed by atoms with Crippen molar-refractivity contribution in [1.29, 1.82) is 0 Å². The highest BCUT2D eigenvalue weighted by atomic mass is 32.1. The van der Waals surface area contributed by atoms with E-state index in [4.69, 9.17) is 15.0 Å². The van der Waals surface area contributed by atoms with E-state index in [0.717, 1.165) is 137 Å². The van der Waals surface area contributed by atoms with Gasteiger partial charge in [0, 0.05) is 54.2 Å². The average Bonchev–Trinajstić information content (AvgIpc) is 1.61. The first-order chi connectivity index (χ1) is 45.4. The normalized spacial score (nSPS) is 12.1. The summed E-state index contributed by atoms with van der Waals surface area (Å²) >= 11 is 1.75. The largest absolute Gasteiger partial charge is 0.306 e. The Bertz CT molecular complexity index is 5600. The van der Waals surface area contributed by atoms with Gasteiger partial charge in [0.05, 0.1) is 99.6 Å². The number of aromatic nitrogens is 7. The molecule has 0 aliphatic rings. The highest BCUT2D eigenvalue weighted by Gasteiger charge is 2.38. The highest BCUT2D eigenvalue weighted by Crippen LogP contribution is 2.56. The first-order valence-corrected chi connectivity index (χ1v) is 32.9. The highest BCUT2D eigenvalue weighted by molar-refractivity contribution is 7.21. The van der Waals surface area contributed by atoms with Gasteiger partial charge in [-0.2, -0.15) is 0 Å². The Morgan fingerprint density at radius 2 is 0.527 bits per heavy atom. The van der Waals surface area contributed by atoms with Crippen LogP contribution in [0.4, 0.5) is 0 Å². The summed E-state index contributed by atoms with van der Waals surface area (Å²) in [5.74, 6) is 0.571. The summed E-state index contributed by atoms with van der Waals surface area (Å²) in [5.41, 5.74) is 28.1. The molecule has 8 heteroatoms. The lowest BCUT2D eigenvalue weighted by Gasteiger charge is -2.30. The van der Waals surface area contributed by atoms with E-state index in [-0.39, 0.29) is 0 Å². The molecular weight excluding hydrogens is 1150 g/mol. The van der Waals surface area contributed by atoms with E-state index >= 15 is 0 Å². The van der Waals surface area contributed by atoms with Crippen molar-refractivity contribution in [3.8, 4) is 67.2 Å². The maximum atomic E-state index is 6.13. The summed E-state index contributed by atoms with van der Waals surface area (Å²) < 4.78 is 11.4. The molecule has 0 saturated heterocycles. The van der Waals surface area contributed by atoms with Gasteiger partial charge in [-0.1, -0.05) is 166 Å². The summed E-state index contributed by atoms with van der Waals surface area (Å²) in [6.07, 6.45) is 0. The smallest absolute Gasteiger partial charge is 0.164 e. The van der Waals surface area contributed by atoms with Gasteiger partial charge < -0.3 is 18.3 Å². The molecule has 93 heavy (non-hydrogen) atoms. The van der Waals surface area contributed by atoms with Crippen LogP contribution in [0.25, 0.3) is 165 Å². The van der Waals surface area contributed by atoms with Crippen LogP contribution in [0.3, 0.4) is 0 Å². The Balaban J connectivity index is 1.24. The van der Waals surface area contributed by atoms with E-state index in [2.05, 4.69) is 310 Å². The monoisotopic (exact) mass is 1210 g/mol. The topological polar surface area (TPSA) is 58.4 Å². The van der Waals surface area contributed by atoms with Crippen LogP contribution >= 0.6 is 11.3 Å². The molecule has 12 aromatic carbocycles. The number of thiazole rings is 1. The van der Waals surface area contributed by atoms with Crippen LogP contribution in [0.5, 0.6) is 0 Å². The molecule has 18 rings (SSSR count). The van der Waals surface area contributed by atoms with Crippen LogP contribution in [-0.4, -0.2) is 33.2 Å². The van der Waals surface area contributed by atoms with Gasteiger partial charge in [-0.25, -0.2) is 15.0 Å². The third-order valence-electron chi connectivity index (χ3n) is 19.2. The van der Waals surface area contributed by atoms with Gasteiger partial charge in [0.2, 0.25) is 0 Å². The minimum atomic E-state index is 0.571. The molecular formula is C85H63N7S. The second-order valence-corrected chi connectivity index (χ2v) is 26.9. The minimum absolute atomic E-state index is 0.571. The molecule has 0 amide bonds. The molecule has 6 aromatic heterocycles. The maximum Gasteiger partial charge on any atom is 0.164 e. The van der Waals surface area contributed by atoms with Gasteiger partial charge in [0.1, 0.15) is 5.01 Å². The van der Waals surface area contributed by atoms with Crippen molar-refractivity contribution in [2.24, 2.45) is 0 Å². The minimum Gasteiger partial charge on any atom is -0.306 e. The lowest BCUT2D eigenvalue weighted by Crippen LogP contribution is -2.17. The number of para-hydroxylation sites is 1. The van der Waals surface area contributed by atoms with Crippen molar-refractivity contribution in [2.45, 2.75) is 55.4 Å². The van der Waals surface area contributed by atoms with Gasteiger partial charge in [0.25, 0.3) is 0 Å². The van der Waals surface area contributed by atoms with Crippen molar-refractivity contribution in [3.63, 3.8) is 0 Å². The van der Waals surface area contributed by atoms with Crippen molar-refractivity contribution in [1.82, 2.24) is 33.2 Å². The Labute approximate surface area is 542 Å². The Kier molecular flexibility index (Phi) is 12.2. The van der Waals surface area contributed by atoms with E-state index < -0.39 is 0 Å². The molecule has 444 valence electrons. The van der Waals surface area contributed by atoms with Crippen LogP contribution in [0.1, 0.15) is 44.5 Å². The summed E-state index contributed by atoms with van der Waals surface area (Å²) in [6, 6.07) is 88.2. The lowest BCUT2D eigenvalue weighted by molar-refractivity contribution is 1.03. The average molecular weight is 1210 g/mol. The van der Waals surface area contributed by atoms with E-state index in [1.807, 2.05) is 0 Å². The quantitative estimate of drug-likeness (QED) is 0.152. The summed E-state index contributed by atoms with van der Waals surface area (Å²) in [7, 11) is 0. The predicted molar refractivity (Wildman–Crippen MR) is 392 cm³/mol. The molecule has 0 N–H and O–H groups in total. The molecule has 0 bridgehead atoms. The molecule has 7 nitrogen and oxygen atoms in total. The molecule has 0 saturated carbocycles. The van der Waals surface area contributed by atoms with Crippen molar-refractivity contribution in [2.75, 3.05) is 0 Å². The number of rotatable bonds is 8. The molecule has 0 atom stereocenters. The van der Waals surface area contributed by atoms with Gasteiger partial charge in [-0.3, -0.25) is 0 Å². The molecule has 0 fully saturated rings. The van der Waals surface area contributed by atoms with E-state index in [0.29, 0.717) is 5.82 Å². The van der Waals surface area contributed by atoms with E-state index in [1.54, 1.807) is 11.3 Å². The Morgan fingerprint density at radius 3 is 0.817 bits per heavy atom. The van der Waals surface area contributed by atoms with Crippen LogP contribution in [0, 0.1) is 55.4 Å². The van der Waals surface area contributed by atoms with Crippen molar-refractivity contribution >= 4 is 109 Å². The summed E-state index contributed by atoms with van der Waals surface area (Å²) in [5, 5.41) is 10.2. The zero-order valence-electron chi connectivity index (χ0n) is 53.1. The van der Waals surface area contributed by atoms with E-state index in [9.17, 15) is 0 Å². The molecule has 0 unspecified atom stereocenters. The van der Waals surface area contributed by atoms with Gasteiger partial charge in [0.15, 0.2) is 5.82 Å². The first kappa shape index (κ1) is 54.7. The van der Waals surface area contributed by atoms with Crippen molar-refractivity contribution < 1.29 is 0 Å². The maximum absolute atomic E-state index is 6.13. The van der Waals surface area contributed by atoms with Crippen molar-refractivity contribution in [3.05, 3.63) is 281 Å². The Morgan fingerprint density at radius 1 is 0.258 bits per heavy atom. The molecule has 0 radical (unpaired) electrons. The number of benzene rings is 12. The number of hydrogen-bond donors (Lipinski definition) is 0. The number of hydrogen-bond acceptors (Lipinski definition) is 4. The SMILES string of the molecule is Cc1ccc2c(c1)c1cc(C)ccc1n2-c1c(-c2nc(-c3ccccc3)cc(-c3ccccc3)n2)c(-n2c3ccc(C)cc3c3cc(C)ccc32)c(-n2c3ccc(C)cc3c3cc(C)ccc32)c(-c2nc3ccccc3s2)c1-n1c2ccc(C)cc2c2cc(C)ccc21. The van der Waals surface area contributed by atoms with Gasteiger partial charge >= 0.3 is 0 Å². The number of fused-ring (bicyclic) bond motifs is 13. The molecule has 0 spiro atoms. The number of aryl methyl sites for hydroxylation is 8. The third-order valence-corrected chi connectivity index (χ3v) is 20.2. The molecule has 6 heterocycles. The second-order valence-electron chi connectivity index (χ2n) is 25.8. The zero-order chi connectivity index (χ0) is 62.7. The standard InChI is InChI=1S/C85H63N7S/c1-48-23-31-69-58(39-48)59-40-49(2)24-32-70(59)89(69)80-78(84-86-67(56-17-11-9-12-18-56)47-68(87-84)57-19-13-10-14-20-57)81(90-71-33-25-50(3)41-60(71)61-42-51(4)26-34-72(61)90)83(92-75-37-29-54(7)45-64(75)65-46-55(8)30-38-76(65)92)79(85-88-66-21-15-16-22-77(66)93-85)82(80)91-73-35-27-52(5)43-62(73)63-44-53(6)28-36-74(63)91/h9-47H,1-8H3. The lowest BCUT2D eigenvalue weighted by atomic mass is 9.96. The first-order valence-electron chi connectivity index (χ1n) is 32.1. The molecule has 18 aromatic rings. The predicted octanol–water partition coefficient (Wildman–Crippen LogP) is 22.6. The summed E-state index contributed by atoms with van der Waals surface area (Å²) in [6.45, 7) is 17.7. The third kappa shape index (κ3) is 8.44. The van der Waals surface area contributed by atoms with E-state index in [1.165, 1.54) is 66.1 Å². The van der Waals surface area contributed by atoms with Crippen LogP contribution < -0.4 is 0 Å². The molecule has 0 aliphatic carbocycles. The van der Waals surface area contributed by atoms with Gasteiger partial charge in [-0.15, -0.1) is 11.3 Å². The van der Waals surface area contributed by atoms with Crippen LogP contribution in [-0.2, 0) is 0 Å². The fourth-order valence-electron chi connectivity index (χ4n) is 15.0. The summed E-state index contributed by atoms with van der Waals surface area (Å²) in [4.78, 5) is 18.2. The fourth-order valence-corrected chi connectivity index (χ4v) is 16.0. The number of nitrogens with zero attached hydrogens (tertiary/aromatic N) is 7. The molecule has 0 aliphatic heterocycles. The van der Waals surface area contributed by atoms with Crippen LogP contribution in [0.15, 0.2) is 237 Å². The second kappa shape index (κ2) is 20.7. The zero-order valence-corrected chi connectivity index (χ0v) is 53.9. The fraction of sp³-hybridized carbons (Fsp3) is 0.0941. The van der Waals surface area contributed by atoms with Gasteiger partial charge in [-0.05, 0) is 171 Å².